The van der Waals surface area contributed by atoms with Crippen LogP contribution in [-0.2, 0) is 0 Å². The van der Waals surface area contributed by atoms with E-state index < -0.39 is 0 Å². The van der Waals surface area contributed by atoms with Crippen LogP contribution in [0.5, 0.6) is 0 Å². The SMILES string of the molecule is c1ccc(-c2nc(-c3ccccc3)nc(-c3ccc4c(c3)oc3cc(-n5c6ccccc6c6ccccc65)cc(-c5cccc6sc7ccccc7c56)c34)n2)cc1. The highest BCUT2D eigenvalue weighted by Gasteiger charge is 2.22. The Balaban J connectivity index is 1.13. The predicted molar refractivity (Wildman–Crippen MR) is 236 cm³/mol. The first kappa shape index (κ1) is 31.9. The van der Waals surface area contributed by atoms with E-state index in [-0.39, 0.29) is 0 Å². The second-order valence-corrected chi connectivity index (χ2v) is 15.4. The normalized spacial score (nSPS) is 11.9. The van der Waals surface area contributed by atoms with Crippen LogP contribution in [0.15, 0.2) is 186 Å². The van der Waals surface area contributed by atoms with Crippen LogP contribution in [0.25, 0.3) is 115 Å². The highest BCUT2D eigenvalue weighted by molar-refractivity contribution is 7.25. The number of thiophene rings is 1. The summed E-state index contributed by atoms with van der Waals surface area (Å²) in [5, 5.41) is 7.08. The summed E-state index contributed by atoms with van der Waals surface area (Å²) in [6, 6.07) is 63.8. The first-order valence-electron chi connectivity index (χ1n) is 19.0. The molecule has 5 nitrogen and oxygen atoms in total. The lowest BCUT2D eigenvalue weighted by Gasteiger charge is -2.13. The molecule has 57 heavy (non-hydrogen) atoms. The highest BCUT2D eigenvalue weighted by Crippen LogP contribution is 2.46. The van der Waals surface area contributed by atoms with Crippen molar-refractivity contribution in [2.75, 3.05) is 0 Å². The van der Waals surface area contributed by atoms with Crippen LogP contribution in [0, 0.1) is 0 Å². The van der Waals surface area contributed by atoms with Gasteiger partial charge in [0, 0.05) is 64.5 Å². The molecular formula is C51H30N4OS. The maximum atomic E-state index is 6.97. The number of rotatable bonds is 5. The minimum Gasteiger partial charge on any atom is -0.456 e. The number of hydrogen-bond acceptors (Lipinski definition) is 5. The Bertz CT molecular complexity index is 3420. The maximum absolute atomic E-state index is 6.97. The lowest BCUT2D eigenvalue weighted by atomic mass is 9.94. The number of para-hydroxylation sites is 2. The van der Waals surface area contributed by atoms with Gasteiger partial charge in [0.1, 0.15) is 11.2 Å². The van der Waals surface area contributed by atoms with Gasteiger partial charge < -0.3 is 8.98 Å². The molecule has 0 bridgehead atoms. The third-order valence-corrected chi connectivity index (χ3v) is 12.2. The van der Waals surface area contributed by atoms with Crippen LogP contribution in [0.2, 0.25) is 0 Å². The fourth-order valence-electron chi connectivity index (χ4n) is 8.51. The zero-order valence-corrected chi connectivity index (χ0v) is 31.2. The number of nitrogens with zero attached hydrogens (tertiary/aromatic N) is 4. The minimum absolute atomic E-state index is 0.589. The van der Waals surface area contributed by atoms with Crippen molar-refractivity contribution < 1.29 is 4.42 Å². The van der Waals surface area contributed by atoms with E-state index in [0.717, 1.165) is 60.9 Å². The molecule has 12 rings (SSSR count). The molecule has 0 amide bonds. The topological polar surface area (TPSA) is 56.7 Å². The van der Waals surface area contributed by atoms with Gasteiger partial charge in [0.15, 0.2) is 17.5 Å². The van der Waals surface area contributed by atoms with Crippen LogP contribution in [0.4, 0.5) is 0 Å². The van der Waals surface area contributed by atoms with Crippen molar-refractivity contribution in [2.45, 2.75) is 0 Å². The summed E-state index contributed by atoms with van der Waals surface area (Å²) < 4.78 is 11.9. The van der Waals surface area contributed by atoms with E-state index in [1.807, 2.05) is 72.0 Å². The molecule has 4 aromatic heterocycles. The van der Waals surface area contributed by atoms with Crippen molar-refractivity contribution >= 4 is 75.3 Å². The van der Waals surface area contributed by atoms with Gasteiger partial charge in [-0.3, -0.25) is 0 Å². The first-order valence-corrected chi connectivity index (χ1v) is 19.8. The van der Waals surface area contributed by atoms with Gasteiger partial charge in [0.05, 0.1) is 16.7 Å². The average molecular weight is 747 g/mol. The molecular weight excluding hydrogens is 717 g/mol. The van der Waals surface area contributed by atoms with Crippen LogP contribution >= 0.6 is 11.3 Å². The molecule has 0 radical (unpaired) electrons. The summed E-state index contributed by atoms with van der Waals surface area (Å²) in [6.07, 6.45) is 0. The van der Waals surface area contributed by atoms with Gasteiger partial charge in [-0.15, -0.1) is 11.3 Å². The second-order valence-electron chi connectivity index (χ2n) is 14.4. The third-order valence-electron chi connectivity index (χ3n) is 11.0. The van der Waals surface area contributed by atoms with Gasteiger partial charge in [-0.2, -0.15) is 0 Å². The molecule has 12 aromatic rings. The number of furan rings is 1. The standard InChI is InChI=1S/C51H30N4OS/c1-3-14-31(15-4-1)49-52-50(32-16-5-2-6-17-32)54-51(53-49)33-26-27-38-43(28-33)56-44-30-34(55-41-22-10-7-18-35(41)36-19-8-11-23-42(36)55)29-40(47(38)44)37-21-13-25-46-48(37)39-20-9-12-24-45(39)57-46/h1-30H. The van der Waals surface area contributed by atoms with Crippen molar-refractivity contribution in [3.8, 4) is 51.0 Å². The summed E-state index contributed by atoms with van der Waals surface area (Å²) >= 11 is 1.84. The molecule has 0 unspecified atom stereocenters. The van der Waals surface area contributed by atoms with Gasteiger partial charge in [-0.05, 0) is 53.6 Å². The number of hydrogen-bond donors (Lipinski definition) is 0. The largest absolute Gasteiger partial charge is 0.456 e. The molecule has 0 saturated carbocycles. The van der Waals surface area contributed by atoms with Gasteiger partial charge in [-0.25, -0.2) is 15.0 Å². The molecule has 8 aromatic carbocycles. The molecule has 0 fully saturated rings. The van der Waals surface area contributed by atoms with Crippen LogP contribution < -0.4 is 0 Å². The first-order chi connectivity index (χ1) is 28.2. The van der Waals surface area contributed by atoms with Crippen molar-refractivity contribution in [2.24, 2.45) is 0 Å². The molecule has 0 saturated heterocycles. The molecule has 0 aliphatic heterocycles. The van der Waals surface area contributed by atoms with Crippen LogP contribution in [-0.4, -0.2) is 19.5 Å². The van der Waals surface area contributed by atoms with Gasteiger partial charge in [0.25, 0.3) is 0 Å². The third kappa shape index (κ3) is 5.04. The van der Waals surface area contributed by atoms with Crippen molar-refractivity contribution in [3.63, 3.8) is 0 Å². The van der Waals surface area contributed by atoms with E-state index in [1.54, 1.807) is 0 Å². The van der Waals surface area contributed by atoms with E-state index in [0.29, 0.717) is 17.5 Å². The molecule has 0 spiro atoms. The molecule has 4 heterocycles. The molecule has 0 N–H and O–H groups in total. The molecule has 0 atom stereocenters. The molecule has 0 aliphatic rings. The maximum Gasteiger partial charge on any atom is 0.164 e. The highest BCUT2D eigenvalue weighted by atomic mass is 32.1. The smallest absolute Gasteiger partial charge is 0.164 e. The van der Waals surface area contributed by atoms with Gasteiger partial charge in [-0.1, -0.05) is 133 Å². The average Bonchev–Trinajstić information content (AvgIpc) is 3.96. The lowest BCUT2D eigenvalue weighted by Crippen LogP contribution is -2.00. The van der Waals surface area contributed by atoms with Crippen LogP contribution in [0.1, 0.15) is 0 Å². The van der Waals surface area contributed by atoms with Crippen molar-refractivity contribution in [1.29, 1.82) is 0 Å². The quantitative estimate of drug-likeness (QED) is 0.176. The summed E-state index contributed by atoms with van der Waals surface area (Å²) in [4.78, 5) is 15.0. The summed E-state index contributed by atoms with van der Waals surface area (Å²) in [6.45, 7) is 0. The van der Waals surface area contributed by atoms with E-state index in [1.165, 1.54) is 36.5 Å². The van der Waals surface area contributed by atoms with E-state index in [4.69, 9.17) is 19.4 Å². The summed E-state index contributed by atoms with van der Waals surface area (Å²) in [5.41, 5.74) is 9.97. The van der Waals surface area contributed by atoms with E-state index in [9.17, 15) is 0 Å². The Morgan fingerprint density at radius 1 is 0.386 bits per heavy atom. The lowest BCUT2D eigenvalue weighted by molar-refractivity contribution is 0.669. The zero-order valence-electron chi connectivity index (χ0n) is 30.4. The number of fused-ring (bicyclic) bond motifs is 9. The molecule has 6 heteroatoms. The Morgan fingerprint density at radius 3 is 1.65 bits per heavy atom. The monoisotopic (exact) mass is 746 g/mol. The summed E-state index contributed by atoms with van der Waals surface area (Å²) in [5.74, 6) is 1.84. The van der Waals surface area contributed by atoms with Gasteiger partial charge >= 0.3 is 0 Å². The fraction of sp³-hybridized carbons (Fsp3) is 0. The zero-order chi connectivity index (χ0) is 37.5. The Labute approximate surface area is 330 Å². The van der Waals surface area contributed by atoms with E-state index in [2.05, 4.69) is 126 Å². The summed E-state index contributed by atoms with van der Waals surface area (Å²) in [7, 11) is 0. The second kappa shape index (κ2) is 12.6. The minimum atomic E-state index is 0.589. The Kier molecular flexibility index (Phi) is 7.03. The Morgan fingerprint density at radius 2 is 0.965 bits per heavy atom. The molecule has 266 valence electrons. The van der Waals surface area contributed by atoms with Crippen molar-refractivity contribution in [3.05, 3.63) is 182 Å². The molecule has 0 aliphatic carbocycles. The predicted octanol–water partition coefficient (Wildman–Crippen LogP) is 13.9. The van der Waals surface area contributed by atoms with E-state index >= 15 is 0 Å². The fourth-order valence-corrected chi connectivity index (χ4v) is 9.64. The number of benzene rings is 8. The van der Waals surface area contributed by atoms with Crippen LogP contribution in [0.3, 0.4) is 0 Å². The number of aromatic nitrogens is 4. The van der Waals surface area contributed by atoms with Gasteiger partial charge in [0.2, 0.25) is 0 Å². The Hall–Kier alpha value is -7.41. The van der Waals surface area contributed by atoms with Crippen molar-refractivity contribution in [1.82, 2.24) is 19.5 Å².